The standard InChI is InChI=1S/C17H27N3O/c1-12(18-3)15-8-10-16(11-9-15)20-17(21)19-13(2)14-6-4-5-7-14/h8-14,18H,4-7H2,1-3H3,(H2,19,20,21). The van der Waals surface area contributed by atoms with Crippen LogP contribution in [0.3, 0.4) is 0 Å². The summed E-state index contributed by atoms with van der Waals surface area (Å²) in [7, 11) is 1.94. The molecule has 0 bridgehead atoms. The van der Waals surface area contributed by atoms with Crippen LogP contribution < -0.4 is 16.0 Å². The van der Waals surface area contributed by atoms with Gasteiger partial charge in [0.25, 0.3) is 0 Å². The van der Waals surface area contributed by atoms with E-state index in [4.69, 9.17) is 0 Å². The molecule has 116 valence electrons. The topological polar surface area (TPSA) is 53.2 Å². The zero-order valence-corrected chi connectivity index (χ0v) is 13.3. The van der Waals surface area contributed by atoms with E-state index in [0.717, 1.165) is 5.69 Å². The van der Waals surface area contributed by atoms with Crippen molar-refractivity contribution in [3.05, 3.63) is 29.8 Å². The Hall–Kier alpha value is -1.55. The maximum atomic E-state index is 12.0. The highest BCUT2D eigenvalue weighted by molar-refractivity contribution is 5.89. The SMILES string of the molecule is CNC(C)c1ccc(NC(=O)NC(C)C2CCCC2)cc1. The van der Waals surface area contributed by atoms with E-state index in [1.54, 1.807) is 0 Å². The van der Waals surface area contributed by atoms with Gasteiger partial charge in [0.2, 0.25) is 0 Å². The molecule has 2 unspecified atom stereocenters. The molecule has 21 heavy (non-hydrogen) atoms. The molecule has 1 saturated carbocycles. The molecule has 1 fully saturated rings. The van der Waals surface area contributed by atoms with Gasteiger partial charge in [0.15, 0.2) is 0 Å². The van der Waals surface area contributed by atoms with Crippen LogP contribution in [0.1, 0.15) is 51.1 Å². The van der Waals surface area contributed by atoms with E-state index in [1.807, 2.05) is 31.3 Å². The normalized spacial score (nSPS) is 18.2. The Morgan fingerprint density at radius 1 is 1.14 bits per heavy atom. The first-order chi connectivity index (χ1) is 10.1. The predicted molar refractivity (Wildman–Crippen MR) is 87.5 cm³/mol. The van der Waals surface area contributed by atoms with Gasteiger partial charge in [-0.1, -0.05) is 25.0 Å². The molecule has 2 rings (SSSR count). The molecule has 0 saturated heterocycles. The quantitative estimate of drug-likeness (QED) is 0.774. The Morgan fingerprint density at radius 2 is 1.76 bits per heavy atom. The number of nitrogens with one attached hydrogen (secondary N) is 3. The lowest BCUT2D eigenvalue weighted by atomic mass is 10.0. The second kappa shape index (κ2) is 7.46. The van der Waals surface area contributed by atoms with Crippen molar-refractivity contribution in [2.24, 2.45) is 5.92 Å². The zero-order chi connectivity index (χ0) is 15.2. The molecule has 1 aromatic rings. The Balaban J connectivity index is 1.84. The number of amides is 2. The molecule has 1 aliphatic carbocycles. The van der Waals surface area contributed by atoms with Crippen LogP contribution in [-0.2, 0) is 0 Å². The minimum Gasteiger partial charge on any atom is -0.335 e. The van der Waals surface area contributed by atoms with Gasteiger partial charge in [-0.15, -0.1) is 0 Å². The maximum absolute atomic E-state index is 12.0. The van der Waals surface area contributed by atoms with Gasteiger partial charge in [0.1, 0.15) is 0 Å². The zero-order valence-electron chi connectivity index (χ0n) is 13.3. The summed E-state index contributed by atoms with van der Waals surface area (Å²) >= 11 is 0. The molecule has 0 radical (unpaired) electrons. The molecule has 0 aliphatic heterocycles. The number of hydrogen-bond acceptors (Lipinski definition) is 2. The van der Waals surface area contributed by atoms with Crippen molar-refractivity contribution < 1.29 is 4.79 Å². The third kappa shape index (κ3) is 4.46. The van der Waals surface area contributed by atoms with E-state index < -0.39 is 0 Å². The highest BCUT2D eigenvalue weighted by Gasteiger charge is 2.22. The molecule has 4 heteroatoms. The average Bonchev–Trinajstić information content (AvgIpc) is 3.01. The fourth-order valence-electron chi connectivity index (χ4n) is 2.97. The summed E-state index contributed by atoms with van der Waals surface area (Å²) in [5.41, 5.74) is 2.04. The van der Waals surface area contributed by atoms with Gasteiger partial charge < -0.3 is 16.0 Å². The van der Waals surface area contributed by atoms with Crippen molar-refractivity contribution in [2.75, 3.05) is 12.4 Å². The van der Waals surface area contributed by atoms with E-state index in [1.165, 1.54) is 31.2 Å². The van der Waals surface area contributed by atoms with Crippen LogP contribution in [0.5, 0.6) is 0 Å². The summed E-state index contributed by atoms with van der Waals surface area (Å²) < 4.78 is 0. The fourth-order valence-corrected chi connectivity index (χ4v) is 2.97. The lowest BCUT2D eigenvalue weighted by molar-refractivity contribution is 0.244. The Morgan fingerprint density at radius 3 is 2.33 bits per heavy atom. The number of rotatable bonds is 5. The third-order valence-corrected chi connectivity index (χ3v) is 4.57. The van der Waals surface area contributed by atoms with Gasteiger partial charge in [-0.25, -0.2) is 4.79 Å². The van der Waals surface area contributed by atoms with Gasteiger partial charge in [0, 0.05) is 17.8 Å². The Kier molecular flexibility index (Phi) is 5.62. The molecule has 4 nitrogen and oxygen atoms in total. The molecule has 0 heterocycles. The first-order valence-corrected chi connectivity index (χ1v) is 7.95. The highest BCUT2D eigenvalue weighted by Crippen LogP contribution is 2.27. The number of anilines is 1. The predicted octanol–water partition coefficient (Wildman–Crippen LogP) is 3.67. The van der Waals surface area contributed by atoms with Crippen molar-refractivity contribution in [1.29, 1.82) is 0 Å². The lowest BCUT2D eigenvalue weighted by Gasteiger charge is -2.20. The van der Waals surface area contributed by atoms with E-state index in [0.29, 0.717) is 12.0 Å². The molecule has 2 atom stereocenters. The molecule has 1 aliphatic rings. The van der Waals surface area contributed by atoms with E-state index in [-0.39, 0.29) is 12.1 Å². The molecule has 1 aromatic carbocycles. The van der Waals surface area contributed by atoms with Gasteiger partial charge in [-0.05, 0) is 57.4 Å². The second-order valence-electron chi connectivity index (χ2n) is 6.06. The maximum Gasteiger partial charge on any atom is 0.319 e. The smallest absolute Gasteiger partial charge is 0.319 e. The van der Waals surface area contributed by atoms with E-state index >= 15 is 0 Å². The summed E-state index contributed by atoms with van der Waals surface area (Å²) in [6.07, 6.45) is 5.06. The van der Waals surface area contributed by atoms with Crippen molar-refractivity contribution >= 4 is 11.7 Å². The molecular formula is C17H27N3O. The number of carbonyl (C=O) groups is 1. The lowest BCUT2D eigenvalue weighted by Crippen LogP contribution is -2.39. The van der Waals surface area contributed by atoms with Crippen LogP contribution in [0, 0.1) is 5.92 Å². The van der Waals surface area contributed by atoms with Gasteiger partial charge in [-0.2, -0.15) is 0 Å². The van der Waals surface area contributed by atoms with Crippen LogP contribution >= 0.6 is 0 Å². The van der Waals surface area contributed by atoms with Gasteiger partial charge >= 0.3 is 6.03 Å². The van der Waals surface area contributed by atoms with Crippen molar-refractivity contribution in [3.8, 4) is 0 Å². The number of urea groups is 1. The summed E-state index contributed by atoms with van der Waals surface area (Å²) in [5.74, 6) is 0.634. The molecular weight excluding hydrogens is 262 g/mol. The van der Waals surface area contributed by atoms with Crippen molar-refractivity contribution in [2.45, 2.75) is 51.6 Å². The molecule has 0 spiro atoms. The highest BCUT2D eigenvalue weighted by atomic mass is 16.2. The fraction of sp³-hybridized carbons (Fsp3) is 0.588. The third-order valence-electron chi connectivity index (χ3n) is 4.57. The van der Waals surface area contributed by atoms with Gasteiger partial charge in [-0.3, -0.25) is 0 Å². The minimum absolute atomic E-state index is 0.108. The van der Waals surface area contributed by atoms with Crippen LogP contribution in [0.15, 0.2) is 24.3 Å². The number of carbonyl (C=O) groups excluding carboxylic acids is 1. The molecule has 3 N–H and O–H groups in total. The number of benzene rings is 1. The summed E-state index contributed by atoms with van der Waals surface area (Å²) in [4.78, 5) is 12.0. The Bertz CT molecular complexity index is 452. The first-order valence-electron chi connectivity index (χ1n) is 7.95. The van der Waals surface area contributed by atoms with E-state index in [2.05, 4.69) is 29.8 Å². The molecule has 2 amide bonds. The van der Waals surface area contributed by atoms with Crippen LogP contribution in [0.2, 0.25) is 0 Å². The van der Waals surface area contributed by atoms with E-state index in [9.17, 15) is 4.79 Å². The molecule has 0 aromatic heterocycles. The number of hydrogen-bond donors (Lipinski definition) is 3. The van der Waals surface area contributed by atoms with Gasteiger partial charge in [0.05, 0.1) is 0 Å². The van der Waals surface area contributed by atoms with Crippen LogP contribution in [0.25, 0.3) is 0 Å². The van der Waals surface area contributed by atoms with Crippen LogP contribution in [-0.4, -0.2) is 19.1 Å². The summed E-state index contributed by atoms with van der Waals surface area (Å²) in [5, 5.41) is 9.17. The Labute approximate surface area is 127 Å². The van der Waals surface area contributed by atoms with Crippen molar-refractivity contribution in [3.63, 3.8) is 0 Å². The van der Waals surface area contributed by atoms with Crippen molar-refractivity contribution in [1.82, 2.24) is 10.6 Å². The average molecular weight is 289 g/mol. The monoisotopic (exact) mass is 289 g/mol. The first kappa shape index (κ1) is 15.8. The minimum atomic E-state index is -0.108. The summed E-state index contributed by atoms with van der Waals surface area (Å²) in [6.45, 7) is 4.21. The van der Waals surface area contributed by atoms with Crippen LogP contribution in [0.4, 0.5) is 10.5 Å². The largest absolute Gasteiger partial charge is 0.335 e. The summed E-state index contributed by atoms with van der Waals surface area (Å²) in [6, 6.07) is 8.43. The second-order valence-corrected chi connectivity index (χ2v) is 6.06.